The number of carbonyl (C=O) groups excluding carboxylic acids is 1. The first-order valence-electron chi connectivity index (χ1n) is 9.22. The second-order valence-electron chi connectivity index (χ2n) is 6.72. The first kappa shape index (κ1) is 20.5. The van der Waals surface area contributed by atoms with Gasteiger partial charge in [-0.25, -0.2) is 17.5 Å². The lowest BCUT2D eigenvalue weighted by Gasteiger charge is -2.33. The molecular formula is C20H18ClFN4O3S. The monoisotopic (exact) mass is 448 g/mol. The van der Waals surface area contributed by atoms with Crippen LogP contribution in [0.1, 0.15) is 10.5 Å². The van der Waals surface area contributed by atoms with Crippen molar-refractivity contribution in [2.45, 2.75) is 4.90 Å². The van der Waals surface area contributed by atoms with Crippen molar-refractivity contribution in [2.75, 3.05) is 26.2 Å². The molecule has 1 aliphatic rings. The quantitative estimate of drug-likeness (QED) is 0.615. The van der Waals surface area contributed by atoms with E-state index in [4.69, 9.17) is 11.6 Å². The SMILES string of the molecule is O=C(c1ccn(-c2ccccc2Cl)n1)N1CCN(S(=O)(=O)c2ccccc2F)CC1. The lowest BCUT2D eigenvalue weighted by Crippen LogP contribution is -2.50. The van der Waals surface area contributed by atoms with Crippen LogP contribution < -0.4 is 0 Å². The molecule has 0 bridgehead atoms. The molecule has 1 saturated heterocycles. The van der Waals surface area contributed by atoms with E-state index in [1.807, 2.05) is 6.07 Å². The Balaban J connectivity index is 1.45. The van der Waals surface area contributed by atoms with Gasteiger partial charge in [0.1, 0.15) is 10.7 Å². The largest absolute Gasteiger partial charge is 0.335 e. The van der Waals surface area contributed by atoms with Crippen LogP contribution in [-0.4, -0.2) is 59.5 Å². The van der Waals surface area contributed by atoms with Crippen molar-refractivity contribution < 1.29 is 17.6 Å². The number of amides is 1. The van der Waals surface area contributed by atoms with E-state index in [0.29, 0.717) is 10.7 Å². The molecule has 3 aromatic rings. The Labute approximate surface area is 178 Å². The number of nitrogens with zero attached hydrogens (tertiary/aromatic N) is 4. The molecule has 30 heavy (non-hydrogen) atoms. The summed E-state index contributed by atoms with van der Waals surface area (Å²) in [6.45, 7) is 0.526. The number of aromatic nitrogens is 2. The molecule has 0 aliphatic carbocycles. The minimum atomic E-state index is -3.96. The van der Waals surface area contributed by atoms with Crippen LogP contribution in [0.3, 0.4) is 0 Å². The predicted molar refractivity (Wildman–Crippen MR) is 110 cm³/mol. The van der Waals surface area contributed by atoms with Gasteiger partial charge in [0.25, 0.3) is 5.91 Å². The summed E-state index contributed by atoms with van der Waals surface area (Å²) < 4.78 is 42.1. The van der Waals surface area contributed by atoms with Gasteiger partial charge in [0.2, 0.25) is 10.0 Å². The van der Waals surface area contributed by atoms with Gasteiger partial charge in [-0.05, 0) is 30.3 Å². The van der Waals surface area contributed by atoms with E-state index in [1.165, 1.54) is 32.1 Å². The van der Waals surface area contributed by atoms with Crippen molar-refractivity contribution in [3.63, 3.8) is 0 Å². The highest BCUT2D eigenvalue weighted by Gasteiger charge is 2.32. The smallest absolute Gasteiger partial charge is 0.274 e. The molecule has 0 radical (unpaired) electrons. The Morgan fingerprint density at radius 1 is 0.967 bits per heavy atom. The number of benzene rings is 2. The Hall–Kier alpha value is -2.75. The molecule has 2 heterocycles. The van der Waals surface area contributed by atoms with Crippen molar-refractivity contribution >= 4 is 27.5 Å². The third-order valence-electron chi connectivity index (χ3n) is 4.89. The number of hydrogen-bond acceptors (Lipinski definition) is 4. The minimum Gasteiger partial charge on any atom is -0.335 e. The normalized spacial score (nSPS) is 15.3. The molecule has 156 valence electrons. The van der Waals surface area contributed by atoms with Crippen LogP contribution >= 0.6 is 11.6 Å². The van der Waals surface area contributed by atoms with E-state index in [-0.39, 0.29) is 42.7 Å². The van der Waals surface area contributed by atoms with Crippen LogP contribution in [0.4, 0.5) is 4.39 Å². The summed E-state index contributed by atoms with van der Waals surface area (Å²) in [5.41, 5.74) is 0.888. The molecule has 0 saturated carbocycles. The van der Waals surface area contributed by atoms with Crippen LogP contribution in [0.2, 0.25) is 5.02 Å². The van der Waals surface area contributed by atoms with Gasteiger partial charge >= 0.3 is 0 Å². The molecule has 0 N–H and O–H groups in total. The van der Waals surface area contributed by atoms with Crippen molar-refractivity contribution in [3.8, 4) is 5.69 Å². The molecular weight excluding hydrogens is 431 g/mol. The van der Waals surface area contributed by atoms with Crippen molar-refractivity contribution in [3.05, 3.63) is 77.3 Å². The van der Waals surface area contributed by atoms with Crippen LogP contribution in [0.25, 0.3) is 5.69 Å². The fraction of sp³-hybridized carbons (Fsp3) is 0.200. The summed E-state index contributed by atoms with van der Waals surface area (Å²) >= 11 is 6.17. The summed E-state index contributed by atoms with van der Waals surface area (Å²) in [5, 5.41) is 4.81. The Morgan fingerprint density at radius 2 is 1.63 bits per heavy atom. The van der Waals surface area contributed by atoms with E-state index in [0.717, 1.165) is 6.07 Å². The number of rotatable bonds is 4. The van der Waals surface area contributed by atoms with Crippen molar-refractivity contribution in [2.24, 2.45) is 0 Å². The van der Waals surface area contributed by atoms with Gasteiger partial charge in [-0.15, -0.1) is 0 Å². The zero-order chi connectivity index (χ0) is 21.3. The zero-order valence-electron chi connectivity index (χ0n) is 15.8. The summed E-state index contributed by atoms with van der Waals surface area (Å²) in [5.74, 6) is -1.09. The van der Waals surface area contributed by atoms with Gasteiger partial charge in [0, 0.05) is 32.4 Å². The fourth-order valence-corrected chi connectivity index (χ4v) is 5.01. The summed E-state index contributed by atoms with van der Waals surface area (Å²) in [7, 11) is -3.96. The van der Waals surface area contributed by atoms with Gasteiger partial charge in [-0.3, -0.25) is 4.79 Å². The van der Waals surface area contributed by atoms with Crippen molar-refractivity contribution in [1.29, 1.82) is 0 Å². The zero-order valence-corrected chi connectivity index (χ0v) is 17.4. The molecule has 10 heteroatoms. The van der Waals surface area contributed by atoms with Gasteiger partial charge in [-0.1, -0.05) is 35.9 Å². The minimum absolute atomic E-state index is 0.0770. The first-order valence-corrected chi connectivity index (χ1v) is 11.0. The van der Waals surface area contributed by atoms with E-state index in [2.05, 4.69) is 5.10 Å². The average Bonchev–Trinajstić information content (AvgIpc) is 3.24. The molecule has 7 nitrogen and oxygen atoms in total. The Morgan fingerprint density at radius 3 is 2.33 bits per heavy atom. The highest BCUT2D eigenvalue weighted by atomic mass is 35.5. The van der Waals surface area contributed by atoms with E-state index in [1.54, 1.807) is 30.5 Å². The topological polar surface area (TPSA) is 75.5 Å². The predicted octanol–water partition coefficient (Wildman–Crippen LogP) is 2.81. The summed E-state index contributed by atoms with van der Waals surface area (Å²) in [6, 6.07) is 14.0. The van der Waals surface area contributed by atoms with Gasteiger partial charge < -0.3 is 4.90 Å². The van der Waals surface area contributed by atoms with E-state index in [9.17, 15) is 17.6 Å². The Bertz CT molecular complexity index is 1190. The molecule has 1 aromatic heterocycles. The molecule has 0 spiro atoms. The van der Waals surface area contributed by atoms with Crippen LogP contribution in [0.5, 0.6) is 0 Å². The maximum atomic E-state index is 13.9. The van der Waals surface area contributed by atoms with E-state index < -0.39 is 15.8 Å². The second-order valence-corrected chi connectivity index (χ2v) is 9.04. The number of carbonyl (C=O) groups is 1. The van der Waals surface area contributed by atoms with Crippen molar-refractivity contribution in [1.82, 2.24) is 19.0 Å². The number of piperazine rings is 1. The lowest BCUT2D eigenvalue weighted by atomic mass is 10.3. The molecule has 1 aliphatic heterocycles. The summed E-state index contributed by atoms with van der Waals surface area (Å²) in [4.78, 5) is 14.0. The lowest BCUT2D eigenvalue weighted by molar-refractivity contribution is 0.0691. The van der Waals surface area contributed by atoms with Gasteiger partial charge in [-0.2, -0.15) is 9.40 Å². The maximum Gasteiger partial charge on any atom is 0.274 e. The highest BCUT2D eigenvalue weighted by molar-refractivity contribution is 7.89. The van der Waals surface area contributed by atoms with Crippen LogP contribution in [-0.2, 0) is 10.0 Å². The fourth-order valence-electron chi connectivity index (χ4n) is 3.30. The van der Waals surface area contributed by atoms with Crippen LogP contribution in [0.15, 0.2) is 65.7 Å². The molecule has 4 rings (SSSR count). The molecule has 2 aromatic carbocycles. The summed E-state index contributed by atoms with van der Waals surface area (Å²) in [6.07, 6.45) is 1.65. The molecule has 0 atom stereocenters. The van der Waals surface area contributed by atoms with Gasteiger partial charge in [0.15, 0.2) is 5.69 Å². The second kappa shape index (κ2) is 8.17. The third-order valence-corrected chi connectivity index (χ3v) is 7.14. The standard InChI is InChI=1S/C20H18ClFN4O3S/c21-15-5-1-3-7-18(15)26-10-9-17(23-26)20(27)24-11-13-25(14-12-24)30(28,29)19-8-4-2-6-16(19)22/h1-10H,11-14H2. The number of para-hydroxylation sites is 1. The molecule has 1 amide bonds. The third kappa shape index (κ3) is 3.83. The number of hydrogen-bond donors (Lipinski definition) is 0. The number of halogens is 2. The molecule has 0 unspecified atom stereocenters. The number of sulfonamides is 1. The highest BCUT2D eigenvalue weighted by Crippen LogP contribution is 2.22. The van der Waals surface area contributed by atoms with Gasteiger partial charge in [0.05, 0.1) is 10.7 Å². The maximum absolute atomic E-state index is 13.9. The average molecular weight is 449 g/mol. The Kier molecular flexibility index (Phi) is 5.59. The first-order chi connectivity index (χ1) is 14.4. The van der Waals surface area contributed by atoms with E-state index >= 15 is 0 Å². The van der Waals surface area contributed by atoms with Crippen LogP contribution in [0, 0.1) is 5.82 Å². The molecule has 1 fully saturated rings.